The number of carbonyl (C=O) groups is 1. The van der Waals surface area contributed by atoms with Crippen LogP contribution in [0.25, 0.3) is 22.4 Å². The van der Waals surface area contributed by atoms with Crippen molar-refractivity contribution in [3.05, 3.63) is 53.8 Å². The first-order chi connectivity index (χ1) is 10.5. The minimum atomic E-state index is -1.17. The van der Waals surface area contributed by atoms with Gasteiger partial charge in [0.15, 0.2) is 5.58 Å². The highest BCUT2D eigenvalue weighted by atomic mass is 19.1. The van der Waals surface area contributed by atoms with E-state index in [2.05, 4.69) is 10.3 Å². The third-order valence-electron chi connectivity index (χ3n) is 3.08. The Balaban J connectivity index is 2.04. The van der Waals surface area contributed by atoms with Crippen molar-refractivity contribution < 1.29 is 23.1 Å². The summed E-state index contributed by atoms with van der Waals surface area (Å²) in [6.45, 7) is 0.0241. The van der Waals surface area contributed by atoms with Gasteiger partial charge in [0, 0.05) is 17.2 Å². The zero-order chi connectivity index (χ0) is 15.7. The van der Waals surface area contributed by atoms with Crippen molar-refractivity contribution in [2.45, 2.75) is 6.54 Å². The number of pyridine rings is 1. The summed E-state index contributed by atoms with van der Waals surface area (Å²) in [5, 5.41) is 10.8. The molecule has 0 saturated heterocycles. The van der Waals surface area contributed by atoms with Gasteiger partial charge in [-0.05, 0) is 24.3 Å². The summed E-state index contributed by atoms with van der Waals surface area (Å²) >= 11 is 0. The Hall–Kier alpha value is -2.96. The van der Waals surface area contributed by atoms with Crippen molar-refractivity contribution in [2.24, 2.45) is 0 Å². The molecule has 1 aromatic carbocycles. The number of aromatic nitrogens is 1. The Labute approximate surface area is 123 Å². The molecule has 7 heteroatoms. The van der Waals surface area contributed by atoms with E-state index in [0.29, 0.717) is 22.4 Å². The van der Waals surface area contributed by atoms with Crippen molar-refractivity contribution >= 4 is 17.2 Å². The predicted molar refractivity (Wildman–Crippen MR) is 74.2 cm³/mol. The van der Waals surface area contributed by atoms with Crippen molar-refractivity contribution in [1.29, 1.82) is 0 Å². The number of benzene rings is 1. The van der Waals surface area contributed by atoms with Gasteiger partial charge in [0.2, 0.25) is 0 Å². The Bertz CT molecular complexity index is 841. The van der Waals surface area contributed by atoms with Crippen molar-refractivity contribution in [1.82, 2.24) is 10.3 Å². The van der Waals surface area contributed by atoms with Gasteiger partial charge in [-0.3, -0.25) is 0 Å². The lowest BCUT2D eigenvalue weighted by molar-refractivity contribution is 0.194. The third-order valence-corrected chi connectivity index (χ3v) is 3.08. The molecule has 0 radical (unpaired) electrons. The molecule has 0 bridgehead atoms. The fourth-order valence-electron chi connectivity index (χ4n) is 2.12. The molecule has 1 amide bonds. The third kappa shape index (κ3) is 2.73. The molecule has 0 aliphatic heterocycles. The molecule has 3 aromatic rings. The van der Waals surface area contributed by atoms with E-state index in [1.807, 2.05) is 0 Å². The molecule has 0 aliphatic rings. The standard InChI is InChI=1S/C15H10F2N2O3/c16-10-3-8(4-11(17)5-10)12-1-2-13-14(19-12)9(7-22-13)6-18-15(20)21/h1-5,7,18H,6H2,(H,20,21). The topological polar surface area (TPSA) is 75.4 Å². The van der Waals surface area contributed by atoms with Crippen LogP contribution in [-0.2, 0) is 6.54 Å². The van der Waals surface area contributed by atoms with Crippen molar-refractivity contribution in [3.8, 4) is 11.3 Å². The molecule has 0 atom stereocenters. The first kappa shape index (κ1) is 14.0. The predicted octanol–water partition coefficient (Wildman–Crippen LogP) is 3.54. The summed E-state index contributed by atoms with van der Waals surface area (Å²) in [5.41, 5.74) is 2.09. The molecule has 0 saturated carbocycles. The lowest BCUT2D eigenvalue weighted by atomic mass is 10.1. The number of hydrogen-bond acceptors (Lipinski definition) is 3. The summed E-state index contributed by atoms with van der Waals surface area (Å²) < 4.78 is 31.9. The van der Waals surface area contributed by atoms with Gasteiger partial charge in [-0.25, -0.2) is 18.6 Å². The number of fused-ring (bicyclic) bond motifs is 1. The zero-order valence-corrected chi connectivity index (χ0v) is 11.1. The molecule has 2 aromatic heterocycles. The molecule has 3 rings (SSSR count). The van der Waals surface area contributed by atoms with Crippen LogP contribution in [0.1, 0.15) is 5.56 Å². The summed E-state index contributed by atoms with van der Waals surface area (Å²) in [7, 11) is 0. The van der Waals surface area contributed by atoms with E-state index in [9.17, 15) is 13.6 Å². The minimum absolute atomic E-state index is 0.0241. The fraction of sp³-hybridized carbons (Fsp3) is 0.0667. The summed E-state index contributed by atoms with van der Waals surface area (Å²) in [6.07, 6.45) is 0.224. The van der Waals surface area contributed by atoms with Crippen LogP contribution in [0.4, 0.5) is 13.6 Å². The zero-order valence-electron chi connectivity index (χ0n) is 11.1. The monoisotopic (exact) mass is 304 g/mol. The number of rotatable bonds is 3. The van der Waals surface area contributed by atoms with E-state index in [4.69, 9.17) is 9.52 Å². The number of furan rings is 1. The highest BCUT2D eigenvalue weighted by Gasteiger charge is 2.11. The SMILES string of the molecule is O=C(O)NCc1coc2ccc(-c3cc(F)cc(F)c3)nc12. The number of nitrogens with zero attached hydrogens (tertiary/aromatic N) is 1. The van der Waals surface area contributed by atoms with Crippen LogP contribution in [0, 0.1) is 11.6 Å². The van der Waals surface area contributed by atoms with Gasteiger partial charge < -0.3 is 14.8 Å². The van der Waals surface area contributed by atoms with E-state index in [1.165, 1.54) is 18.4 Å². The minimum Gasteiger partial charge on any atom is -0.465 e. The lowest BCUT2D eigenvalue weighted by Crippen LogP contribution is -2.19. The average Bonchev–Trinajstić information content (AvgIpc) is 2.86. The first-order valence-electron chi connectivity index (χ1n) is 6.33. The molecule has 0 unspecified atom stereocenters. The van der Waals surface area contributed by atoms with Crippen molar-refractivity contribution in [2.75, 3.05) is 0 Å². The van der Waals surface area contributed by atoms with Gasteiger partial charge in [0.05, 0.1) is 18.5 Å². The first-order valence-corrected chi connectivity index (χ1v) is 6.33. The van der Waals surface area contributed by atoms with E-state index in [-0.39, 0.29) is 12.1 Å². The smallest absolute Gasteiger partial charge is 0.404 e. The maximum Gasteiger partial charge on any atom is 0.404 e. The molecular weight excluding hydrogens is 294 g/mol. The van der Waals surface area contributed by atoms with Crippen LogP contribution >= 0.6 is 0 Å². The second kappa shape index (κ2) is 5.44. The lowest BCUT2D eigenvalue weighted by Gasteiger charge is -2.03. The van der Waals surface area contributed by atoms with Crippen LogP contribution in [0.3, 0.4) is 0 Å². The highest BCUT2D eigenvalue weighted by molar-refractivity contribution is 5.80. The van der Waals surface area contributed by atoms with Crippen LogP contribution in [0.2, 0.25) is 0 Å². The molecule has 0 spiro atoms. The number of nitrogens with one attached hydrogen (secondary N) is 1. The van der Waals surface area contributed by atoms with Crippen LogP contribution in [0.5, 0.6) is 0 Å². The number of halogens is 2. The summed E-state index contributed by atoms with van der Waals surface area (Å²) in [4.78, 5) is 14.9. The number of hydrogen-bond donors (Lipinski definition) is 2. The molecule has 0 fully saturated rings. The fourth-order valence-corrected chi connectivity index (χ4v) is 2.12. The van der Waals surface area contributed by atoms with Crippen LogP contribution in [-0.4, -0.2) is 16.2 Å². The van der Waals surface area contributed by atoms with Crippen LogP contribution < -0.4 is 5.32 Å². The average molecular weight is 304 g/mol. The Kier molecular flexibility index (Phi) is 3.46. The molecule has 0 aliphatic carbocycles. The van der Waals surface area contributed by atoms with Gasteiger partial charge in [0.25, 0.3) is 0 Å². The van der Waals surface area contributed by atoms with Crippen molar-refractivity contribution in [3.63, 3.8) is 0 Å². The van der Waals surface area contributed by atoms with Gasteiger partial charge in [-0.15, -0.1) is 0 Å². The second-order valence-electron chi connectivity index (χ2n) is 4.62. The van der Waals surface area contributed by atoms with E-state index in [0.717, 1.165) is 6.07 Å². The normalized spacial score (nSPS) is 10.8. The van der Waals surface area contributed by atoms with E-state index < -0.39 is 17.7 Å². The quantitative estimate of drug-likeness (QED) is 0.776. The maximum absolute atomic E-state index is 13.3. The Morgan fingerprint density at radius 3 is 2.64 bits per heavy atom. The molecule has 5 nitrogen and oxygen atoms in total. The Morgan fingerprint density at radius 2 is 1.95 bits per heavy atom. The van der Waals surface area contributed by atoms with Gasteiger partial charge in [-0.1, -0.05) is 0 Å². The number of carboxylic acid groups (broad SMARTS) is 1. The Morgan fingerprint density at radius 1 is 1.23 bits per heavy atom. The summed E-state index contributed by atoms with van der Waals surface area (Å²) in [6, 6.07) is 6.32. The van der Waals surface area contributed by atoms with E-state index >= 15 is 0 Å². The highest BCUT2D eigenvalue weighted by Crippen LogP contribution is 2.25. The van der Waals surface area contributed by atoms with Gasteiger partial charge in [0.1, 0.15) is 17.2 Å². The number of amides is 1. The maximum atomic E-state index is 13.3. The molecule has 22 heavy (non-hydrogen) atoms. The molecular formula is C15H10F2N2O3. The molecule has 2 N–H and O–H groups in total. The second-order valence-corrected chi connectivity index (χ2v) is 4.62. The van der Waals surface area contributed by atoms with E-state index in [1.54, 1.807) is 12.1 Å². The van der Waals surface area contributed by atoms with Gasteiger partial charge in [-0.2, -0.15) is 0 Å². The largest absolute Gasteiger partial charge is 0.465 e. The molecule has 2 heterocycles. The summed E-state index contributed by atoms with van der Waals surface area (Å²) in [5.74, 6) is -1.39. The molecule has 112 valence electrons. The van der Waals surface area contributed by atoms with Gasteiger partial charge >= 0.3 is 6.09 Å². The van der Waals surface area contributed by atoms with Crippen LogP contribution in [0.15, 0.2) is 41.0 Å².